The second-order valence-corrected chi connectivity index (χ2v) is 8.19. The smallest absolute Gasteiger partial charge is 0.226 e. The van der Waals surface area contributed by atoms with Crippen LogP contribution in [-0.2, 0) is 4.79 Å². The summed E-state index contributed by atoms with van der Waals surface area (Å²) in [5, 5.41) is 0. The predicted molar refractivity (Wildman–Crippen MR) is 124 cm³/mol. The van der Waals surface area contributed by atoms with Gasteiger partial charge in [0.15, 0.2) is 0 Å². The van der Waals surface area contributed by atoms with Gasteiger partial charge in [0.2, 0.25) is 11.8 Å². The fourth-order valence-corrected chi connectivity index (χ4v) is 4.55. The normalized spacial score (nSPS) is 18.5. The van der Waals surface area contributed by atoms with E-state index >= 15 is 0 Å². The lowest BCUT2D eigenvalue weighted by Gasteiger charge is -2.39. The van der Waals surface area contributed by atoms with Crippen LogP contribution in [0, 0.1) is 0 Å². The zero-order valence-corrected chi connectivity index (χ0v) is 18.0. The highest BCUT2D eigenvalue weighted by molar-refractivity contribution is 5.74. The van der Waals surface area contributed by atoms with E-state index in [0.717, 1.165) is 35.6 Å². The molecule has 1 aliphatic heterocycles. The summed E-state index contributed by atoms with van der Waals surface area (Å²) in [5.41, 5.74) is 3.65. The molecular weight excluding hydrogens is 398 g/mol. The Balaban J connectivity index is 1.52. The number of rotatable bonds is 4. The molecule has 1 saturated heterocycles. The summed E-state index contributed by atoms with van der Waals surface area (Å²) in [7, 11) is 0. The minimum absolute atomic E-state index is 0.0563. The summed E-state index contributed by atoms with van der Waals surface area (Å²) in [6.07, 6.45) is 3.55. The van der Waals surface area contributed by atoms with Crippen molar-refractivity contribution >= 4 is 5.91 Å². The SMILES string of the molecule is CC(=O)N1C[C@H](c2oc(-c3ccccc3)nc2-c2ccccn2)CC[C@H]1c1ccccc1. The summed E-state index contributed by atoms with van der Waals surface area (Å²) in [6.45, 7) is 2.24. The molecule has 0 spiro atoms. The third-order valence-corrected chi connectivity index (χ3v) is 6.12. The largest absolute Gasteiger partial charge is 0.440 e. The number of aromatic nitrogens is 2. The minimum atomic E-state index is 0.0563. The Morgan fingerprint density at radius 1 is 0.938 bits per heavy atom. The number of likely N-dealkylation sites (tertiary alicyclic amines) is 1. The molecule has 1 aliphatic rings. The topological polar surface area (TPSA) is 59.2 Å². The van der Waals surface area contributed by atoms with Crippen molar-refractivity contribution in [3.05, 3.63) is 96.4 Å². The molecule has 1 fully saturated rings. The third kappa shape index (κ3) is 3.94. The summed E-state index contributed by atoms with van der Waals surface area (Å²) >= 11 is 0. The van der Waals surface area contributed by atoms with E-state index < -0.39 is 0 Å². The van der Waals surface area contributed by atoms with Gasteiger partial charge in [-0.05, 0) is 42.7 Å². The number of benzene rings is 2. The third-order valence-electron chi connectivity index (χ3n) is 6.12. The Morgan fingerprint density at radius 2 is 1.66 bits per heavy atom. The molecule has 0 aliphatic carbocycles. The molecule has 32 heavy (non-hydrogen) atoms. The first-order chi connectivity index (χ1) is 15.7. The van der Waals surface area contributed by atoms with Crippen molar-refractivity contribution < 1.29 is 9.21 Å². The van der Waals surface area contributed by atoms with E-state index in [-0.39, 0.29) is 17.9 Å². The van der Waals surface area contributed by atoms with Crippen LogP contribution in [0.3, 0.4) is 0 Å². The fraction of sp³-hybridized carbons (Fsp3) is 0.222. The van der Waals surface area contributed by atoms with Gasteiger partial charge in [-0.2, -0.15) is 0 Å². The Hall–Kier alpha value is -3.73. The Morgan fingerprint density at radius 3 is 2.34 bits per heavy atom. The van der Waals surface area contributed by atoms with Crippen LogP contribution in [0.4, 0.5) is 0 Å². The zero-order chi connectivity index (χ0) is 21.9. The second-order valence-electron chi connectivity index (χ2n) is 8.19. The summed E-state index contributed by atoms with van der Waals surface area (Å²) in [5.74, 6) is 1.52. The number of hydrogen-bond acceptors (Lipinski definition) is 4. The lowest BCUT2D eigenvalue weighted by molar-refractivity contribution is -0.133. The molecule has 0 radical (unpaired) electrons. The van der Waals surface area contributed by atoms with Crippen molar-refractivity contribution in [1.82, 2.24) is 14.9 Å². The fourth-order valence-electron chi connectivity index (χ4n) is 4.55. The molecule has 3 heterocycles. The number of hydrogen-bond donors (Lipinski definition) is 0. The van der Waals surface area contributed by atoms with Gasteiger partial charge in [0, 0.05) is 31.1 Å². The molecular formula is C27H25N3O2. The van der Waals surface area contributed by atoms with Gasteiger partial charge >= 0.3 is 0 Å². The lowest BCUT2D eigenvalue weighted by Crippen LogP contribution is -2.40. The van der Waals surface area contributed by atoms with Gasteiger partial charge in [-0.15, -0.1) is 0 Å². The van der Waals surface area contributed by atoms with E-state index in [1.807, 2.05) is 71.6 Å². The molecule has 2 aromatic heterocycles. The summed E-state index contributed by atoms with van der Waals surface area (Å²) in [6, 6.07) is 26.1. The average Bonchev–Trinajstić information content (AvgIpc) is 3.31. The maximum atomic E-state index is 12.6. The molecule has 5 rings (SSSR count). The molecule has 4 aromatic rings. The summed E-state index contributed by atoms with van der Waals surface area (Å²) in [4.78, 5) is 23.9. The average molecular weight is 424 g/mol. The second kappa shape index (κ2) is 8.79. The highest BCUT2D eigenvalue weighted by Gasteiger charge is 2.35. The van der Waals surface area contributed by atoms with Crippen molar-refractivity contribution in [3.8, 4) is 22.8 Å². The maximum absolute atomic E-state index is 12.6. The van der Waals surface area contributed by atoms with Gasteiger partial charge in [0.25, 0.3) is 0 Å². The van der Waals surface area contributed by atoms with E-state index in [2.05, 4.69) is 17.1 Å². The maximum Gasteiger partial charge on any atom is 0.226 e. The van der Waals surface area contributed by atoms with Crippen LogP contribution < -0.4 is 0 Å². The van der Waals surface area contributed by atoms with Gasteiger partial charge in [-0.25, -0.2) is 4.98 Å². The van der Waals surface area contributed by atoms with Crippen LogP contribution in [0.5, 0.6) is 0 Å². The van der Waals surface area contributed by atoms with Crippen molar-refractivity contribution in [2.45, 2.75) is 31.7 Å². The molecule has 160 valence electrons. The number of oxazole rings is 1. The number of amides is 1. The Kier molecular flexibility index (Phi) is 5.55. The highest BCUT2D eigenvalue weighted by Crippen LogP contribution is 2.41. The summed E-state index contributed by atoms with van der Waals surface area (Å²) < 4.78 is 6.37. The first-order valence-corrected chi connectivity index (χ1v) is 11.0. The van der Waals surface area contributed by atoms with E-state index in [1.165, 1.54) is 5.56 Å². The van der Waals surface area contributed by atoms with Crippen molar-refractivity contribution in [3.63, 3.8) is 0 Å². The van der Waals surface area contributed by atoms with Crippen LogP contribution in [0.15, 0.2) is 89.5 Å². The molecule has 0 saturated carbocycles. The number of pyridine rings is 1. The van der Waals surface area contributed by atoms with Gasteiger partial charge in [-0.1, -0.05) is 54.6 Å². The number of nitrogens with zero attached hydrogens (tertiary/aromatic N) is 3. The van der Waals surface area contributed by atoms with Crippen molar-refractivity contribution in [1.29, 1.82) is 0 Å². The molecule has 5 heteroatoms. The van der Waals surface area contributed by atoms with Crippen LogP contribution in [-0.4, -0.2) is 27.3 Å². The molecule has 2 aromatic carbocycles. The van der Waals surface area contributed by atoms with Crippen molar-refractivity contribution in [2.24, 2.45) is 0 Å². The Bertz CT molecular complexity index is 1190. The van der Waals surface area contributed by atoms with Gasteiger partial charge in [-0.3, -0.25) is 9.78 Å². The molecule has 1 amide bonds. The number of piperidine rings is 1. The van der Waals surface area contributed by atoms with E-state index in [0.29, 0.717) is 12.4 Å². The molecule has 2 atom stereocenters. The molecule has 0 unspecified atom stereocenters. The van der Waals surface area contributed by atoms with Crippen LogP contribution in [0.1, 0.15) is 43.0 Å². The van der Waals surface area contributed by atoms with Crippen LogP contribution in [0.25, 0.3) is 22.8 Å². The number of carbonyl (C=O) groups is 1. The quantitative estimate of drug-likeness (QED) is 0.412. The zero-order valence-electron chi connectivity index (χ0n) is 18.0. The first kappa shape index (κ1) is 20.2. The molecule has 0 bridgehead atoms. The van der Waals surface area contributed by atoms with Crippen LogP contribution >= 0.6 is 0 Å². The Labute approximate surface area is 187 Å². The predicted octanol–water partition coefficient (Wildman–Crippen LogP) is 5.87. The highest BCUT2D eigenvalue weighted by atomic mass is 16.4. The van der Waals surface area contributed by atoms with Gasteiger partial charge < -0.3 is 9.32 Å². The minimum Gasteiger partial charge on any atom is -0.440 e. The first-order valence-electron chi connectivity index (χ1n) is 11.0. The van der Waals surface area contributed by atoms with E-state index in [1.54, 1.807) is 13.1 Å². The lowest BCUT2D eigenvalue weighted by atomic mass is 9.86. The van der Waals surface area contributed by atoms with E-state index in [9.17, 15) is 4.79 Å². The monoisotopic (exact) mass is 423 g/mol. The van der Waals surface area contributed by atoms with E-state index in [4.69, 9.17) is 9.40 Å². The molecule has 0 N–H and O–H groups in total. The standard InChI is InChI=1S/C27H25N3O2/c1-19(31)30-18-22(15-16-24(30)20-10-4-2-5-11-20)26-25(23-14-8-9-17-28-23)29-27(32-26)21-12-6-3-7-13-21/h2-14,17,22,24H,15-16,18H2,1H3/t22-,24+/m1/s1. The number of carbonyl (C=O) groups excluding carboxylic acids is 1. The van der Waals surface area contributed by atoms with Crippen molar-refractivity contribution in [2.75, 3.05) is 6.54 Å². The van der Waals surface area contributed by atoms with Gasteiger partial charge in [0.1, 0.15) is 11.5 Å². The van der Waals surface area contributed by atoms with Crippen LogP contribution in [0.2, 0.25) is 0 Å². The van der Waals surface area contributed by atoms with Gasteiger partial charge in [0.05, 0.1) is 11.7 Å². The molecule has 5 nitrogen and oxygen atoms in total.